The Morgan fingerprint density at radius 2 is 1.96 bits per heavy atom. The van der Waals surface area contributed by atoms with E-state index in [-0.39, 0.29) is 35.5 Å². The van der Waals surface area contributed by atoms with Crippen LogP contribution in [0.1, 0.15) is 21.8 Å². The quantitative estimate of drug-likeness (QED) is 0.861. The number of nitrogens with zero attached hydrogens (tertiary/aromatic N) is 2. The van der Waals surface area contributed by atoms with Gasteiger partial charge in [-0.15, -0.1) is 0 Å². The van der Waals surface area contributed by atoms with E-state index in [1.807, 2.05) is 0 Å². The normalized spacial score (nSPS) is 19.7. The summed E-state index contributed by atoms with van der Waals surface area (Å²) in [6, 6.07) is 7.20. The number of rotatable bonds is 3. The van der Waals surface area contributed by atoms with Crippen molar-refractivity contribution >= 4 is 11.9 Å². The molecule has 0 radical (unpaired) electrons. The molecule has 1 aromatic heterocycles. The van der Waals surface area contributed by atoms with Gasteiger partial charge in [-0.1, -0.05) is 12.1 Å². The Kier molecular flexibility index (Phi) is 4.65. The average Bonchev–Trinajstić information content (AvgIpc) is 3.06. The molecule has 0 spiro atoms. The van der Waals surface area contributed by atoms with E-state index in [2.05, 4.69) is 4.98 Å². The molecule has 130 valence electrons. The fourth-order valence-electron chi connectivity index (χ4n) is 3.13. The van der Waals surface area contributed by atoms with Gasteiger partial charge in [0.1, 0.15) is 11.6 Å². The molecule has 1 aliphatic rings. The molecule has 2 atom stereocenters. The number of halogens is 1. The Balaban J connectivity index is 1.87. The number of methoxy groups -OCH3 is 1. The third-order valence-electron chi connectivity index (χ3n) is 4.38. The van der Waals surface area contributed by atoms with Crippen LogP contribution in [0.25, 0.3) is 0 Å². The second-order valence-corrected chi connectivity index (χ2v) is 5.93. The minimum absolute atomic E-state index is 0.107. The second-order valence-electron chi connectivity index (χ2n) is 5.93. The van der Waals surface area contributed by atoms with E-state index in [0.717, 1.165) is 5.56 Å². The lowest BCUT2D eigenvalue weighted by Crippen LogP contribution is -2.30. The van der Waals surface area contributed by atoms with Crippen LogP contribution in [-0.2, 0) is 9.53 Å². The number of hydrogen-bond donors (Lipinski definition) is 1. The Morgan fingerprint density at radius 1 is 1.24 bits per heavy atom. The minimum atomic E-state index is -0.537. The largest absolute Gasteiger partial charge is 0.506 e. The summed E-state index contributed by atoms with van der Waals surface area (Å²) in [5, 5.41) is 9.50. The number of carbonyl (C=O) groups excluding carboxylic acids is 2. The van der Waals surface area contributed by atoms with Crippen LogP contribution in [0.5, 0.6) is 5.75 Å². The van der Waals surface area contributed by atoms with Crippen molar-refractivity contribution in [2.24, 2.45) is 5.92 Å². The number of benzene rings is 1. The first-order valence-corrected chi connectivity index (χ1v) is 7.76. The first kappa shape index (κ1) is 16.9. The van der Waals surface area contributed by atoms with Gasteiger partial charge in [0.15, 0.2) is 0 Å². The summed E-state index contributed by atoms with van der Waals surface area (Å²) < 4.78 is 18.0. The summed E-state index contributed by atoms with van der Waals surface area (Å²) in [5.41, 5.74) is 1.00. The topological polar surface area (TPSA) is 79.7 Å². The van der Waals surface area contributed by atoms with E-state index in [0.29, 0.717) is 6.54 Å². The van der Waals surface area contributed by atoms with Crippen LogP contribution in [-0.4, -0.2) is 47.1 Å². The summed E-state index contributed by atoms with van der Waals surface area (Å²) in [6.07, 6.45) is 2.60. The van der Waals surface area contributed by atoms with E-state index >= 15 is 0 Å². The SMILES string of the molecule is COC(=O)[C@H]1CN(C(=O)c2cncc(O)c2)C[C@@H]1c1ccc(F)cc1. The highest BCUT2D eigenvalue weighted by Crippen LogP contribution is 2.34. The van der Waals surface area contributed by atoms with Crippen molar-refractivity contribution in [3.05, 3.63) is 59.7 Å². The van der Waals surface area contributed by atoms with Crippen molar-refractivity contribution in [3.8, 4) is 5.75 Å². The lowest BCUT2D eigenvalue weighted by molar-refractivity contribution is -0.145. The molecule has 7 heteroatoms. The summed E-state index contributed by atoms with van der Waals surface area (Å²) in [4.78, 5) is 30.1. The van der Waals surface area contributed by atoms with Crippen LogP contribution in [0.15, 0.2) is 42.7 Å². The van der Waals surface area contributed by atoms with E-state index in [4.69, 9.17) is 4.74 Å². The standard InChI is InChI=1S/C18H17FN2O4/c1-25-18(24)16-10-21(17(23)12-6-14(22)8-20-7-12)9-15(16)11-2-4-13(19)5-3-11/h2-8,15-16,22H,9-10H2,1H3/t15-,16+/m1/s1. The molecule has 6 nitrogen and oxygen atoms in total. The molecule has 0 bridgehead atoms. The minimum Gasteiger partial charge on any atom is -0.506 e. The van der Waals surface area contributed by atoms with Crippen LogP contribution in [0.4, 0.5) is 4.39 Å². The van der Waals surface area contributed by atoms with Crippen LogP contribution < -0.4 is 0 Å². The molecule has 0 saturated carbocycles. The molecule has 0 aliphatic carbocycles. The maximum Gasteiger partial charge on any atom is 0.311 e. The van der Waals surface area contributed by atoms with Gasteiger partial charge >= 0.3 is 5.97 Å². The number of ether oxygens (including phenoxy) is 1. The van der Waals surface area contributed by atoms with Gasteiger partial charge in [-0.2, -0.15) is 0 Å². The molecule has 2 aromatic rings. The Hall–Kier alpha value is -2.96. The number of hydrogen-bond acceptors (Lipinski definition) is 5. The zero-order chi connectivity index (χ0) is 18.0. The number of amides is 1. The fourth-order valence-corrected chi connectivity index (χ4v) is 3.13. The molecule has 1 N–H and O–H groups in total. The van der Waals surface area contributed by atoms with Crippen LogP contribution >= 0.6 is 0 Å². The number of esters is 1. The highest BCUT2D eigenvalue weighted by Gasteiger charge is 2.41. The monoisotopic (exact) mass is 344 g/mol. The smallest absolute Gasteiger partial charge is 0.311 e. The molecule has 3 rings (SSSR count). The highest BCUT2D eigenvalue weighted by atomic mass is 19.1. The maximum absolute atomic E-state index is 13.2. The summed E-state index contributed by atoms with van der Waals surface area (Å²) in [5.74, 6) is -2.05. The predicted octanol–water partition coefficient (Wildman–Crippen LogP) is 1.96. The van der Waals surface area contributed by atoms with Crippen molar-refractivity contribution in [2.45, 2.75) is 5.92 Å². The third kappa shape index (κ3) is 3.45. The molecule has 1 aromatic carbocycles. The van der Waals surface area contributed by atoms with Crippen molar-refractivity contribution in [2.75, 3.05) is 20.2 Å². The first-order chi connectivity index (χ1) is 12.0. The number of aromatic nitrogens is 1. The van der Waals surface area contributed by atoms with Crippen LogP contribution in [0.3, 0.4) is 0 Å². The predicted molar refractivity (Wildman–Crippen MR) is 86.5 cm³/mol. The molecule has 1 saturated heterocycles. The van der Waals surface area contributed by atoms with E-state index in [1.165, 1.54) is 42.6 Å². The molecule has 25 heavy (non-hydrogen) atoms. The maximum atomic E-state index is 13.2. The number of likely N-dealkylation sites (tertiary alicyclic amines) is 1. The van der Waals surface area contributed by atoms with Crippen molar-refractivity contribution in [1.82, 2.24) is 9.88 Å². The Labute approximate surface area is 143 Å². The van der Waals surface area contributed by atoms with Crippen molar-refractivity contribution in [3.63, 3.8) is 0 Å². The molecule has 1 fully saturated rings. The Bertz CT molecular complexity index is 794. The zero-order valence-electron chi connectivity index (χ0n) is 13.6. The molecule has 1 aliphatic heterocycles. The van der Waals surface area contributed by atoms with Crippen LogP contribution in [0.2, 0.25) is 0 Å². The summed E-state index contributed by atoms with van der Waals surface area (Å²) >= 11 is 0. The van der Waals surface area contributed by atoms with Gasteiger partial charge in [-0.05, 0) is 23.8 Å². The van der Waals surface area contributed by atoms with Crippen molar-refractivity contribution < 1.29 is 23.8 Å². The Morgan fingerprint density at radius 3 is 2.60 bits per heavy atom. The van der Waals surface area contributed by atoms with Gasteiger partial charge < -0.3 is 14.7 Å². The molecule has 1 amide bonds. The molecular weight excluding hydrogens is 327 g/mol. The fraction of sp³-hybridized carbons (Fsp3) is 0.278. The number of pyridine rings is 1. The van der Waals surface area contributed by atoms with Gasteiger partial charge in [0, 0.05) is 25.2 Å². The summed E-state index contributed by atoms with van der Waals surface area (Å²) in [7, 11) is 1.30. The van der Waals surface area contributed by atoms with Gasteiger partial charge in [-0.25, -0.2) is 4.39 Å². The van der Waals surface area contributed by atoms with E-state index in [9.17, 15) is 19.1 Å². The second kappa shape index (κ2) is 6.88. The molecular formula is C18H17FN2O4. The van der Waals surface area contributed by atoms with Gasteiger partial charge in [-0.3, -0.25) is 14.6 Å². The highest BCUT2D eigenvalue weighted by molar-refractivity contribution is 5.95. The molecule has 0 unspecified atom stereocenters. The van der Waals surface area contributed by atoms with Crippen LogP contribution in [0, 0.1) is 11.7 Å². The lowest BCUT2D eigenvalue weighted by Gasteiger charge is -2.16. The number of aromatic hydroxyl groups is 1. The average molecular weight is 344 g/mol. The summed E-state index contributed by atoms with van der Waals surface area (Å²) in [6.45, 7) is 0.475. The first-order valence-electron chi connectivity index (χ1n) is 7.76. The molecule has 2 heterocycles. The number of carbonyl (C=O) groups is 2. The lowest BCUT2D eigenvalue weighted by atomic mass is 9.89. The zero-order valence-corrected chi connectivity index (χ0v) is 13.6. The van der Waals surface area contributed by atoms with Gasteiger partial charge in [0.2, 0.25) is 0 Å². The van der Waals surface area contributed by atoms with E-state index < -0.39 is 11.9 Å². The van der Waals surface area contributed by atoms with E-state index in [1.54, 1.807) is 12.1 Å². The van der Waals surface area contributed by atoms with Gasteiger partial charge in [0.05, 0.1) is 24.8 Å². The third-order valence-corrected chi connectivity index (χ3v) is 4.38. The van der Waals surface area contributed by atoms with Gasteiger partial charge in [0.25, 0.3) is 5.91 Å². The van der Waals surface area contributed by atoms with Crippen molar-refractivity contribution in [1.29, 1.82) is 0 Å².